The Hall–Kier alpha value is -1.77. The van der Waals surface area contributed by atoms with Crippen molar-refractivity contribution in [2.24, 2.45) is 5.92 Å². The average molecular weight is 243 g/mol. The van der Waals surface area contributed by atoms with E-state index in [9.17, 15) is 4.79 Å². The highest BCUT2D eigenvalue weighted by molar-refractivity contribution is 5.82. The molecule has 3 heteroatoms. The van der Waals surface area contributed by atoms with Crippen LogP contribution in [-0.2, 0) is 4.79 Å². The summed E-state index contributed by atoms with van der Waals surface area (Å²) in [6.07, 6.45) is 1.16. The van der Waals surface area contributed by atoms with Gasteiger partial charge in [0.25, 0.3) is 0 Å². The minimum Gasteiger partial charge on any atom is -0.461 e. The molecule has 94 valence electrons. The van der Waals surface area contributed by atoms with Crippen molar-refractivity contribution in [1.29, 1.82) is 0 Å². The third-order valence-corrected chi connectivity index (χ3v) is 3.65. The molecule has 1 aliphatic carbocycles. The van der Waals surface area contributed by atoms with E-state index in [1.54, 1.807) is 6.92 Å². The van der Waals surface area contributed by atoms with Crippen LogP contribution in [0.4, 0.5) is 0 Å². The minimum atomic E-state index is 0.0537. The number of carbonyl (C=O) groups is 1. The lowest BCUT2D eigenvalue weighted by molar-refractivity contribution is -0.119. The number of fused-ring (bicyclic) bond motifs is 1. The van der Waals surface area contributed by atoms with E-state index in [2.05, 4.69) is 17.4 Å². The summed E-state index contributed by atoms with van der Waals surface area (Å²) in [7, 11) is 0. The number of aryl methyl sites for hydroxylation is 1. The molecular weight excluding hydrogens is 226 g/mol. The van der Waals surface area contributed by atoms with Crippen molar-refractivity contribution in [2.75, 3.05) is 6.54 Å². The van der Waals surface area contributed by atoms with Crippen molar-refractivity contribution >= 4 is 16.9 Å². The summed E-state index contributed by atoms with van der Waals surface area (Å²) < 4.78 is 5.65. The summed E-state index contributed by atoms with van der Waals surface area (Å²) in [6.45, 7) is 4.33. The van der Waals surface area contributed by atoms with Crippen LogP contribution in [0.3, 0.4) is 0 Å². The van der Waals surface area contributed by atoms with Gasteiger partial charge in [-0.05, 0) is 42.9 Å². The average Bonchev–Trinajstić information content (AvgIpc) is 2.98. The second-order valence-corrected chi connectivity index (χ2v) is 5.16. The van der Waals surface area contributed by atoms with E-state index < -0.39 is 0 Å². The lowest BCUT2D eigenvalue weighted by atomic mass is 10.0. The lowest BCUT2D eigenvalue weighted by Gasteiger charge is -2.03. The van der Waals surface area contributed by atoms with Gasteiger partial charge in [-0.2, -0.15) is 0 Å². The molecule has 0 radical (unpaired) electrons. The molecule has 18 heavy (non-hydrogen) atoms. The fraction of sp³-hybridized carbons (Fsp3) is 0.400. The normalized spacial score (nSPS) is 22.1. The maximum atomic E-state index is 10.9. The zero-order valence-electron chi connectivity index (χ0n) is 10.7. The molecular formula is C15H17NO2. The Bertz CT molecular complexity index is 600. The first-order valence-electron chi connectivity index (χ1n) is 6.38. The summed E-state index contributed by atoms with van der Waals surface area (Å²) in [5.41, 5.74) is 2.33. The molecule has 2 atom stereocenters. The van der Waals surface area contributed by atoms with Crippen LogP contribution in [0.1, 0.15) is 30.6 Å². The highest BCUT2D eigenvalue weighted by Crippen LogP contribution is 2.49. The van der Waals surface area contributed by atoms with Gasteiger partial charge in [-0.15, -0.1) is 0 Å². The second-order valence-electron chi connectivity index (χ2n) is 5.16. The Morgan fingerprint density at radius 2 is 2.33 bits per heavy atom. The van der Waals surface area contributed by atoms with Crippen LogP contribution < -0.4 is 5.32 Å². The number of benzene rings is 1. The summed E-state index contributed by atoms with van der Waals surface area (Å²) >= 11 is 0. The maximum absolute atomic E-state index is 10.9. The van der Waals surface area contributed by atoms with Gasteiger partial charge in [0.1, 0.15) is 11.3 Å². The highest BCUT2D eigenvalue weighted by Gasteiger charge is 2.39. The molecule has 1 N–H and O–H groups in total. The number of hydrogen-bond acceptors (Lipinski definition) is 2. The zero-order chi connectivity index (χ0) is 12.7. The van der Waals surface area contributed by atoms with Crippen LogP contribution in [0.15, 0.2) is 28.7 Å². The van der Waals surface area contributed by atoms with Gasteiger partial charge in [0.2, 0.25) is 5.91 Å². The predicted molar refractivity (Wildman–Crippen MR) is 70.5 cm³/mol. The topological polar surface area (TPSA) is 42.2 Å². The monoisotopic (exact) mass is 243 g/mol. The van der Waals surface area contributed by atoms with Gasteiger partial charge >= 0.3 is 0 Å². The molecule has 0 aliphatic heterocycles. The molecule has 1 aromatic heterocycles. The van der Waals surface area contributed by atoms with Crippen LogP contribution in [0.25, 0.3) is 11.0 Å². The van der Waals surface area contributed by atoms with E-state index in [1.807, 2.05) is 19.1 Å². The molecule has 0 spiro atoms. The number of amides is 1. The molecule has 0 saturated heterocycles. The van der Waals surface area contributed by atoms with E-state index in [0.717, 1.165) is 24.3 Å². The van der Waals surface area contributed by atoms with Gasteiger partial charge in [0.15, 0.2) is 0 Å². The van der Waals surface area contributed by atoms with Crippen molar-refractivity contribution in [3.8, 4) is 0 Å². The largest absolute Gasteiger partial charge is 0.461 e. The van der Waals surface area contributed by atoms with E-state index >= 15 is 0 Å². The number of carbonyl (C=O) groups excluding carboxylic acids is 1. The number of rotatable bonds is 3. The Kier molecular flexibility index (Phi) is 2.62. The van der Waals surface area contributed by atoms with Crippen molar-refractivity contribution in [3.05, 3.63) is 35.6 Å². The van der Waals surface area contributed by atoms with Crippen LogP contribution in [0.5, 0.6) is 0 Å². The molecule has 1 saturated carbocycles. The van der Waals surface area contributed by atoms with Crippen molar-refractivity contribution in [2.45, 2.75) is 26.2 Å². The van der Waals surface area contributed by atoms with Crippen molar-refractivity contribution in [3.63, 3.8) is 0 Å². The third kappa shape index (κ3) is 2.01. The van der Waals surface area contributed by atoms with E-state index in [-0.39, 0.29) is 5.91 Å². The van der Waals surface area contributed by atoms with Gasteiger partial charge in [-0.3, -0.25) is 4.79 Å². The molecule has 1 aromatic carbocycles. The van der Waals surface area contributed by atoms with Crippen LogP contribution in [0.2, 0.25) is 0 Å². The molecule has 2 aromatic rings. The molecule has 3 nitrogen and oxygen atoms in total. The Morgan fingerprint density at radius 1 is 1.50 bits per heavy atom. The highest BCUT2D eigenvalue weighted by atomic mass is 16.3. The van der Waals surface area contributed by atoms with Crippen molar-refractivity contribution < 1.29 is 9.21 Å². The summed E-state index contributed by atoms with van der Waals surface area (Å²) in [5.74, 6) is 2.15. The van der Waals surface area contributed by atoms with Gasteiger partial charge in [-0.25, -0.2) is 0 Å². The third-order valence-electron chi connectivity index (χ3n) is 3.65. The van der Waals surface area contributed by atoms with Gasteiger partial charge < -0.3 is 9.73 Å². The first kappa shape index (κ1) is 11.3. The smallest absolute Gasteiger partial charge is 0.216 e. The van der Waals surface area contributed by atoms with E-state index in [4.69, 9.17) is 4.42 Å². The first-order valence-corrected chi connectivity index (χ1v) is 6.38. The van der Waals surface area contributed by atoms with Crippen LogP contribution in [-0.4, -0.2) is 12.5 Å². The molecule has 0 bridgehead atoms. The fourth-order valence-electron chi connectivity index (χ4n) is 2.66. The first-order chi connectivity index (χ1) is 8.65. The Balaban J connectivity index is 1.81. The minimum absolute atomic E-state index is 0.0537. The van der Waals surface area contributed by atoms with Gasteiger partial charge in [-0.1, -0.05) is 12.1 Å². The van der Waals surface area contributed by atoms with Crippen LogP contribution >= 0.6 is 0 Å². The number of nitrogens with one attached hydrogen (secondary N) is 1. The molecule has 0 unspecified atom stereocenters. The van der Waals surface area contributed by atoms with E-state index in [1.165, 1.54) is 10.9 Å². The van der Waals surface area contributed by atoms with Crippen molar-refractivity contribution in [1.82, 2.24) is 5.32 Å². The second kappa shape index (κ2) is 4.16. The number of furan rings is 1. The zero-order valence-corrected chi connectivity index (χ0v) is 10.7. The van der Waals surface area contributed by atoms with Crippen LogP contribution in [0, 0.1) is 12.8 Å². The predicted octanol–water partition coefficient (Wildman–Crippen LogP) is 2.98. The fourth-order valence-corrected chi connectivity index (χ4v) is 2.66. The molecule has 1 heterocycles. The van der Waals surface area contributed by atoms with Gasteiger partial charge in [0, 0.05) is 18.9 Å². The van der Waals surface area contributed by atoms with Gasteiger partial charge in [0.05, 0.1) is 0 Å². The summed E-state index contributed by atoms with van der Waals surface area (Å²) in [4.78, 5) is 10.9. The molecule has 1 aliphatic rings. The maximum Gasteiger partial charge on any atom is 0.216 e. The summed E-state index contributed by atoms with van der Waals surface area (Å²) in [5, 5.41) is 4.13. The SMILES string of the molecule is CC(=O)NC[C@@H]1C[C@H]1c1cccc2oc(C)cc12. The molecule has 1 fully saturated rings. The quantitative estimate of drug-likeness (QED) is 0.900. The standard InChI is InChI=1S/C15H17NO2/c1-9-6-14-12(4-3-5-15(14)18-9)13-7-11(13)8-16-10(2)17/h3-6,11,13H,7-8H2,1-2H3,(H,16,17)/t11-,13+/m0/s1. The Morgan fingerprint density at radius 3 is 3.11 bits per heavy atom. The summed E-state index contributed by atoms with van der Waals surface area (Å²) in [6, 6.07) is 8.35. The Labute approximate surface area is 106 Å². The molecule has 1 amide bonds. The van der Waals surface area contributed by atoms with E-state index in [0.29, 0.717) is 11.8 Å². The molecule has 3 rings (SSSR count). The lowest BCUT2D eigenvalue weighted by Crippen LogP contribution is -2.22. The number of hydrogen-bond donors (Lipinski definition) is 1.